The van der Waals surface area contributed by atoms with Crippen molar-refractivity contribution in [3.8, 4) is 6.07 Å². The molecule has 2 rings (SSSR count). The van der Waals surface area contributed by atoms with Crippen molar-refractivity contribution < 1.29 is 4.92 Å². The molecule has 7 nitrogen and oxygen atoms in total. The minimum atomic E-state index is -0.504. The molecule has 0 fully saturated rings. The quantitative estimate of drug-likeness (QED) is 0.627. The number of benzene rings is 1. The molecule has 0 radical (unpaired) electrons. The van der Waals surface area contributed by atoms with Gasteiger partial charge in [-0.2, -0.15) is 5.26 Å². The Labute approximate surface area is 109 Å². The lowest BCUT2D eigenvalue weighted by atomic mass is 10.2. The van der Waals surface area contributed by atoms with E-state index in [1.807, 2.05) is 6.07 Å². The summed E-state index contributed by atoms with van der Waals surface area (Å²) in [4.78, 5) is 17.4. The second-order valence-electron chi connectivity index (χ2n) is 3.81. The summed E-state index contributed by atoms with van der Waals surface area (Å²) in [5, 5.41) is 22.6. The fourth-order valence-corrected chi connectivity index (χ4v) is 1.65. The zero-order chi connectivity index (χ0) is 13.7. The van der Waals surface area contributed by atoms with E-state index in [0.717, 1.165) is 5.82 Å². The molecule has 1 aromatic carbocycles. The molecule has 0 unspecified atom stereocenters. The van der Waals surface area contributed by atoms with Gasteiger partial charge < -0.3 is 10.3 Å². The molecule has 0 aliphatic heterocycles. The Kier molecular flexibility index (Phi) is 3.73. The first kappa shape index (κ1) is 12.6. The zero-order valence-corrected chi connectivity index (χ0v) is 9.96. The topological polar surface area (TPSA) is 108 Å². The molecular formula is C12H11N5O2. The van der Waals surface area contributed by atoms with Gasteiger partial charge in [0.25, 0.3) is 5.69 Å². The first-order valence-corrected chi connectivity index (χ1v) is 5.61. The largest absolute Gasteiger partial charge is 0.379 e. The summed E-state index contributed by atoms with van der Waals surface area (Å²) in [5.41, 5.74) is 0.567. The summed E-state index contributed by atoms with van der Waals surface area (Å²) in [7, 11) is 0. The second-order valence-corrected chi connectivity index (χ2v) is 3.81. The maximum atomic E-state index is 10.9. The summed E-state index contributed by atoms with van der Waals surface area (Å²) in [6.45, 7) is 0.514. The van der Waals surface area contributed by atoms with Gasteiger partial charge in [0.05, 0.1) is 16.6 Å². The molecule has 0 aliphatic rings. The Balaban J connectivity index is 2.07. The summed E-state index contributed by atoms with van der Waals surface area (Å²) in [6.07, 6.45) is 4.00. The van der Waals surface area contributed by atoms with Gasteiger partial charge in [0.1, 0.15) is 11.5 Å². The third-order valence-corrected chi connectivity index (χ3v) is 2.56. The van der Waals surface area contributed by atoms with Crippen molar-refractivity contribution in [1.29, 1.82) is 5.26 Å². The highest BCUT2D eigenvalue weighted by Gasteiger charge is 2.14. The van der Waals surface area contributed by atoms with Gasteiger partial charge >= 0.3 is 0 Å². The van der Waals surface area contributed by atoms with Crippen LogP contribution in [0.1, 0.15) is 11.4 Å². The highest BCUT2D eigenvalue weighted by Crippen LogP contribution is 2.25. The van der Waals surface area contributed by atoms with Crippen molar-refractivity contribution in [2.75, 3.05) is 11.9 Å². The first-order valence-electron chi connectivity index (χ1n) is 5.61. The van der Waals surface area contributed by atoms with Gasteiger partial charge in [-0.3, -0.25) is 10.1 Å². The van der Waals surface area contributed by atoms with Crippen LogP contribution in [0.15, 0.2) is 30.6 Å². The number of aromatic amines is 1. The number of nitrogens with one attached hydrogen (secondary N) is 2. The summed E-state index contributed by atoms with van der Waals surface area (Å²) in [6, 6.07) is 6.22. The van der Waals surface area contributed by atoms with Gasteiger partial charge in [-0.15, -0.1) is 0 Å². The van der Waals surface area contributed by atoms with E-state index in [2.05, 4.69) is 15.3 Å². The van der Waals surface area contributed by atoms with E-state index in [4.69, 9.17) is 5.26 Å². The van der Waals surface area contributed by atoms with E-state index in [0.29, 0.717) is 18.7 Å². The maximum absolute atomic E-state index is 10.9. The number of H-pyrrole nitrogens is 1. The van der Waals surface area contributed by atoms with Crippen molar-refractivity contribution in [3.63, 3.8) is 0 Å². The monoisotopic (exact) mass is 257 g/mol. The molecule has 1 aromatic heterocycles. The number of anilines is 1. The molecule has 0 saturated carbocycles. The van der Waals surface area contributed by atoms with E-state index in [1.54, 1.807) is 24.5 Å². The average Bonchev–Trinajstić information content (AvgIpc) is 2.92. The molecule has 7 heteroatoms. The number of hydrogen-bond acceptors (Lipinski definition) is 5. The van der Waals surface area contributed by atoms with Crippen LogP contribution in [0, 0.1) is 21.4 Å². The van der Waals surface area contributed by atoms with Crippen molar-refractivity contribution in [2.24, 2.45) is 0 Å². The standard InChI is InChI=1S/C12H11N5O2/c13-8-9-1-2-10(11(7-9)17(18)19)14-4-3-12-15-5-6-16-12/h1-2,5-7,14H,3-4H2,(H,15,16). The molecule has 96 valence electrons. The molecule has 0 amide bonds. The van der Waals surface area contributed by atoms with E-state index in [9.17, 15) is 10.1 Å². The molecule has 2 aromatic rings. The van der Waals surface area contributed by atoms with Crippen LogP contribution in [0.3, 0.4) is 0 Å². The van der Waals surface area contributed by atoms with Gasteiger partial charge in [0.15, 0.2) is 0 Å². The molecule has 2 N–H and O–H groups in total. The van der Waals surface area contributed by atoms with Crippen LogP contribution in [0.4, 0.5) is 11.4 Å². The summed E-state index contributed by atoms with van der Waals surface area (Å²) < 4.78 is 0. The molecule has 0 bridgehead atoms. The number of nitriles is 1. The number of rotatable bonds is 5. The van der Waals surface area contributed by atoms with Gasteiger partial charge in [-0.05, 0) is 12.1 Å². The molecular weight excluding hydrogens is 246 g/mol. The number of aromatic nitrogens is 2. The van der Waals surface area contributed by atoms with Crippen LogP contribution in [-0.4, -0.2) is 21.4 Å². The van der Waals surface area contributed by atoms with Crippen LogP contribution < -0.4 is 5.32 Å². The fraction of sp³-hybridized carbons (Fsp3) is 0.167. The Morgan fingerprint density at radius 2 is 2.37 bits per heavy atom. The van der Waals surface area contributed by atoms with Gasteiger partial charge in [-0.25, -0.2) is 4.98 Å². The van der Waals surface area contributed by atoms with Gasteiger partial charge in [-0.1, -0.05) is 0 Å². The van der Waals surface area contributed by atoms with Gasteiger partial charge in [0, 0.05) is 31.4 Å². The number of nitrogens with zero attached hydrogens (tertiary/aromatic N) is 3. The maximum Gasteiger partial charge on any atom is 0.293 e. The van der Waals surface area contributed by atoms with Crippen LogP contribution >= 0.6 is 0 Å². The van der Waals surface area contributed by atoms with Crippen LogP contribution in [0.2, 0.25) is 0 Å². The molecule has 19 heavy (non-hydrogen) atoms. The lowest BCUT2D eigenvalue weighted by Gasteiger charge is -2.06. The minimum absolute atomic E-state index is 0.0986. The highest BCUT2D eigenvalue weighted by molar-refractivity contribution is 5.64. The molecule has 1 heterocycles. The highest BCUT2D eigenvalue weighted by atomic mass is 16.6. The van der Waals surface area contributed by atoms with Crippen LogP contribution in [0.5, 0.6) is 0 Å². The van der Waals surface area contributed by atoms with E-state index >= 15 is 0 Å². The van der Waals surface area contributed by atoms with E-state index < -0.39 is 4.92 Å². The van der Waals surface area contributed by atoms with Crippen molar-refractivity contribution in [2.45, 2.75) is 6.42 Å². The number of hydrogen-bond donors (Lipinski definition) is 2. The Bertz CT molecular complexity index is 616. The van der Waals surface area contributed by atoms with Gasteiger partial charge in [0.2, 0.25) is 0 Å². The molecule has 0 aliphatic carbocycles. The van der Waals surface area contributed by atoms with Crippen LogP contribution in [-0.2, 0) is 6.42 Å². The molecule has 0 saturated heterocycles. The van der Waals surface area contributed by atoms with E-state index in [-0.39, 0.29) is 11.3 Å². The van der Waals surface area contributed by atoms with Crippen molar-refractivity contribution in [3.05, 3.63) is 52.1 Å². The lowest BCUT2D eigenvalue weighted by Crippen LogP contribution is -2.07. The predicted octanol–water partition coefficient (Wildman–Crippen LogP) is 1.84. The summed E-state index contributed by atoms with van der Waals surface area (Å²) in [5.74, 6) is 0.809. The average molecular weight is 257 g/mol. The minimum Gasteiger partial charge on any atom is -0.379 e. The molecule has 0 atom stereocenters. The smallest absolute Gasteiger partial charge is 0.293 e. The van der Waals surface area contributed by atoms with Crippen LogP contribution in [0.25, 0.3) is 0 Å². The number of imidazole rings is 1. The molecule has 0 spiro atoms. The second kappa shape index (κ2) is 5.64. The SMILES string of the molecule is N#Cc1ccc(NCCc2ncc[nH]2)c([N+](=O)[O-])c1. The lowest BCUT2D eigenvalue weighted by molar-refractivity contribution is -0.384. The third-order valence-electron chi connectivity index (χ3n) is 2.56. The number of nitro benzene ring substituents is 1. The predicted molar refractivity (Wildman–Crippen MR) is 68.6 cm³/mol. The normalized spacial score (nSPS) is 9.84. The zero-order valence-electron chi connectivity index (χ0n) is 9.96. The Hall–Kier alpha value is -2.88. The van der Waals surface area contributed by atoms with Crippen molar-refractivity contribution >= 4 is 11.4 Å². The Morgan fingerprint density at radius 1 is 1.53 bits per heavy atom. The first-order chi connectivity index (χ1) is 9.20. The third kappa shape index (κ3) is 3.07. The fourth-order valence-electron chi connectivity index (χ4n) is 1.65. The number of nitro groups is 1. The summed E-state index contributed by atoms with van der Waals surface area (Å²) >= 11 is 0. The Morgan fingerprint density at radius 3 is 3.00 bits per heavy atom. The van der Waals surface area contributed by atoms with E-state index in [1.165, 1.54) is 6.07 Å². The van der Waals surface area contributed by atoms with Crippen molar-refractivity contribution in [1.82, 2.24) is 9.97 Å².